The molecule has 1 unspecified atom stereocenters. The molecule has 1 heterocycles. The first kappa shape index (κ1) is 23.8. The van der Waals surface area contributed by atoms with Crippen molar-refractivity contribution in [1.29, 1.82) is 0 Å². The van der Waals surface area contributed by atoms with Gasteiger partial charge in [0.15, 0.2) is 0 Å². The fourth-order valence-corrected chi connectivity index (χ4v) is 3.46. The van der Waals surface area contributed by atoms with Crippen LogP contribution in [0.5, 0.6) is 0 Å². The summed E-state index contributed by atoms with van der Waals surface area (Å²) in [5, 5.41) is 5.77. The Morgan fingerprint density at radius 3 is 2.37 bits per heavy atom. The van der Waals surface area contributed by atoms with E-state index in [1.54, 1.807) is 7.11 Å². The number of nitrogens with one attached hydrogen (secondary N) is 2. The smallest absolute Gasteiger partial charge is 0.234 e. The van der Waals surface area contributed by atoms with Crippen LogP contribution < -0.4 is 10.6 Å². The summed E-state index contributed by atoms with van der Waals surface area (Å²) in [6.45, 7) is 7.52. The molecule has 3 amide bonds. The van der Waals surface area contributed by atoms with Crippen LogP contribution in [0, 0.1) is 6.92 Å². The van der Waals surface area contributed by atoms with Crippen molar-refractivity contribution >= 4 is 17.7 Å². The van der Waals surface area contributed by atoms with Crippen molar-refractivity contribution in [1.82, 2.24) is 20.4 Å². The van der Waals surface area contributed by atoms with E-state index in [1.165, 1.54) is 6.92 Å². The molecule has 166 valence electrons. The number of carbonyl (C=O) groups excluding carboxylic acids is 3. The maximum atomic E-state index is 12.8. The van der Waals surface area contributed by atoms with E-state index in [4.69, 9.17) is 4.74 Å². The Labute approximate surface area is 178 Å². The molecule has 8 nitrogen and oxygen atoms in total. The van der Waals surface area contributed by atoms with Gasteiger partial charge in [-0.05, 0) is 18.9 Å². The van der Waals surface area contributed by atoms with Crippen LogP contribution in [0.15, 0.2) is 24.3 Å². The van der Waals surface area contributed by atoms with E-state index in [2.05, 4.69) is 15.5 Å². The van der Waals surface area contributed by atoms with Crippen molar-refractivity contribution in [2.24, 2.45) is 0 Å². The van der Waals surface area contributed by atoms with Gasteiger partial charge in [0, 0.05) is 53.4 Å². The average molecular weight is 419 g/mol. The number of amides is 3. The highest BCUT2D eigenvalue weighted by atomic mass is 16.5. The molecule has 0 aromatic heterocycles. The van der Waals surface area contributed by atoms with E-state index in [-0.39, 0.29) is 30.2 Å². The zero-order chi connectivity index (χ0) is 21.9. The molecule has 0 aliphatic carbocycles. The minimum absolute atomic E-state index is 0.00373. The summed E-state index contributed by atoms with van der Waals surface area (Å²) in [4.78, 5) is 40.3. The van der Waals surface area contributed by atoms with Crippen molar-refractivity contribution < 1.29 is 19.1 Å². The first-order valence-corrected chi connectivity index (χ1v) is 10.5. The average Bonchev–Trinajstić information content (AvgIpc) is 2.71. The third-order valence-corrected chi connectivity index (χ3v) is 5.18. The number of aryl methyl sites for hydroxylation is 1. The van der Waals surface area contributed by atoms with Crippen molar-refractivity contribution in [2.45, 2.75) is 32.7 Å². The molecule has 1 fully saturated rings. The van der Waals surface area contributed by atoms with Gasteiger partial charge in [0.1, 0.15) is 0 Å². The lowest BCUT2D eigenvalue weighted by Gasteiger charge is -2.35. The minimum atomic E-state index is -0.341. The van der Waals surface area contributed by atoms with Gasteiger partial charge in [-0.25, -0.2) is 0 Å². The summed E-state index contributed by atoms with van der Waals surface area (Å²) in [6, 6.07) is 7.52. The van der Waals surface area contributed by atoms with Crippen LogP contribution in [0.3, 0.4) is 0 Å². The largest absolute Gasteiger partial charge is 0.385 e. The molecule has 0 saturated carbocycles. The SMILES string of the molecule is COCCCNC(=O)CN1CCN(C(=O)CC(NC(C)=O)c2ccc(C)cc2)CC1. The molecule has 1 aliphatic heterocycles. The van der Waals surface area contributed by atoms with Crippen molar-refractivity contribution in [3.8, 4) is 0 Å². The second-order valence-electron chi connectivity index (χ2n) is 7.72. The maximum absolute atomic E-state index is 12.8. The molecule has 2 N–H and O–H groups in total. The normalized spacial score (nSPS) is 15.5. The van der Waals surface area contributed by atoms with Crippen molar-refractivity contribution in [2.75, 3.05) is 53.0 Å². The number of nitrogens with zero attached hydrogens (tertiary/aromatic N) is 2. The quantitative estimate of drug-likeness (QED) is 0.550. The van der Waals surface area contributed by atoms with E-state index in [0.29, 0.717) is 45.9 Å². The molecule has 0 bridgehead atoms. The maximum Gasteiger partial charge on any atom is 0.234 e. The molecule has 2 rings (SSSR count). The molecule has 1 aromatic rings. The molecule has 8 heteroatoms. The van der Waals surface area contributed by atoms with Crippen molar-refractivity contribution in [3.05, 3.63) is 35.4 Å². The van der Waals surface area contributed by atoms with Crippen LogP contribution >= 0.6 is 0 Å². The van der Waals surface area contributed by atoms with Gasteiger partial charge in [0.25, 0.3) is 0 Å². The molecule has 1 atom stereocenters. The van der Waals surface area contributed by atoms with E-state index in [1.807, 2.05) is 36.1 Å². The number of hydrogen-bond acceptors (Lipinski definition) is 5. The van der Waals surface area contributed by atoms with E-state index < -0.39 is 0 Å². The van der Waals surface area contributed by atoms with Gasteiger partial charge in [0.05, 0.1) is 19.0 Å². The summed E-state index contributed by atoms with van der Waals surface area (Å²) in [7, 11) is 1.64. The summed E-state index contributed by atoms with van der Waals surface area (Å²) in [6.07, 6.45) is 1.02. The summed E-state index contributed by atoms with van der Waals surface area (Å²) in [5.74, 6) is -0.149. The van der Waals surface area contributed by atoms with Crippen LogP contribution in [0.4, 0.5) is 0 Å². The number of methoxy groups -OCH3 is 1. The fourth-order valence-electron chi connectivity index (χ4n) is 3.46. The second-order valence-corrected chi connectivity index (χ2v) is 7.72. The third kappa shape index (κ3) is 8.12. The molecular formula is C22H34N4O4. The predicted octanol–water partition coefficient (Wildman–Crippen LogP) is 0.859. The van der Waals surface area contributed by atoms with Crippen LogP contribution in [0.2, 0.25) is 0 Å². The Morgan fingerprint density at radius 2 is 1.77 bits per heavy atom. The summed E-state index contributed by atoms with van der Waals surface area (Å²) < 4.78 is 4.97. The number of carbonyl (C=O) groups is 3. The van der Waals surface area contributed by atoms with Crippen LogP contribution in [0.1, 0.15) is 36.9 Å². The van der Waals surface area contributed by atoms with Gasteiger partial charge in [-0.1, -0.05) is 29.8 Å². The Morgan fingerprint density at radius 1 is 1.10 bits per heavy atom. The Hall–Kier alpha value is -2.45. The summed E-state index contributed by atoms with van der Waals surface area (Å²) >= 11 is 0. The predicted molar refractivity (Wildman–Crippen MR) is 115 cm³/mol. The number of hydrogen-bond donors (Lipinski definition) is 2. The van der Waals surface area contributed by atoms with Crippen LogP contribution in [-0.2, 0) is 19.1 Å². The molecule has 30 heavy (non-hydrogen) atoms. The number of piperazine rings is 1. The van der Waals surface area contributed by atoms with E-state index >= 15 is 0 Å². The number of benzene rings is 1. The van der Waals surface area contributed by atoms with Gasteiger partial charge in [-0.3, -0.25) is 19.3 Å². The molecule has 1 aliphatic rings. The zero-order valence-electron chi connectivity index (χ0n) is 18.3. The lowest BCUT2D eigenvalue weighted by atomic mass is 10.0. The highest BCUT2D eigenvalue weighted by molar-refractivity contribution is 5.80. The van der Waals surface area contributed by atoms with Gasteiger partial charge < -0.3 is 20.3 Å². The van der Waals surface area contributed by atoms with Gasteiger partial charge in [0.2, 0.25) is 17.7 Å². The number of rotatable bonds is 10. The van der Waals surface area contributed by atoms with E-state index in [0.717, 1.165) is 17.5 Å². The lowest BCUT2D eigenvalue weighted by molar-refractivity contribution is -0.134. The highest BCUT2D eigenvalue weighted by Gasteiger charge is 2.25. The molecule has 1 saturated heterocycles. The Kier molecular flexibility index (Phi) is 9.76. The van der Waals surface area contributed by atoms with Gasteiger partial charge >= 0.3 is 0 Å². The first-order chi connectivity index (χ1) is 14.4. The van der Waals surface area contributed by atoms with E-state index in [9.17, 15) is 14.4 Å². The minimum Gasteiger partial charge on any atom is -0.385 e. The molecular weight excluding hydrogens is 384 g/mol. The third-order valence-electron chi connectivity index (χ3n) is 5.18. The second kappa shape index (κ2) is 12.3. The molecule has 1 aromatic carbocycles. The summed E-state index contributed by atoms with van der Waals surface area (Å²) in [5.41, 5.74) is 2.05. The Balaban J connectivity index is 1.81. The van der Waals surface area contributed by atoms with Gasteiger partial charge in [-0.2, -0.15) is 0 Å². The van der Waals surface area contributed by atoms with Gasteiger partial charge in [-0.15, -0.1) is 0 Å². The molecule has 0 radical (unpaired) electrons. The monoisotopic (exact) mass is 418 g/mol. The highest BCUT2D eigenvalue weighted by Crippen LogP contribution is 2.19. The lowest BCUT2D eigenvalue weighted by Crippen LogP contribution is -2.51. The van der Waals surface area contributed by atoms with Crippen LogP contribution in [-0.4, -0.2) is 80.5 Å². The number of ether oxygens (including phenoxy) is 1. The fraction of sp³-hybridized carbons (Fsp3) is 0.591. The van der Waals surface area contributed by atoms with Crippen LogP contribution in [0.25, 0.3) is 0 Å². The molecule has 0 spiro atoms. The first-order valence-electron chi connectivity index (χ1n) is 10.5. The topological polar surface area (TPSA) is 91.0 Å². The standard InChI is InChI=1S/C22H34N4O4/c1-17-5-7-19(8-6-17)20(24-18(2)27)15-22(29)26-12-10-25(11-13-26)16-21(28)23-9-4-14-30-3/h5-8,20H,4,9-16H2,1-3H3,(H,23,28)(H,24,27). The van der Waals surface area contributed by atoms with Crippen molar-refractivity contribution in [3.63, 3.8) is 0 Å². The zero-order valence-corrected chi connectivity index (χ0v) is 18.3. The Bertz CT molecular complexity index is 700.